The Kier molecular flexibility index (Phi) is 3.83. The number of aromatic nitrogens is 2. The van der Waals surface area contributed by atoms with Crippen molar-refractivity contribution in [3.8, 4) is 0 Å². The molecule has 0 aliphatic carbocycles. The number of benzene rings is 2. The van der Waals surface area contributed by atoms with Crippen LogP contribution in [0, 0.1) is 0 Å². The Morgan fingerprint density at radius 1 is 1.19 bits per heavy atom. The highest BCUT2D eigenvalue weighted by Crippen LogP contribution is 2.19. The first-order chi connectivity index (χ1) is 10.3. The molecular weight excluding hydrogens is 280 g/mol. The van der Waals surface area contributed by atoms with Crippen LogP contribution in [0.15, 0.2) is 54.9 Å². The zero-order valence-electron chi connectivity index (χ0n) is 11.7. The summed E-state index contributed by atoms with van der Waals surface area (Å²) in [6.07, 6.45) is 3.72. The summed E-state index contributed by atoms with van der Waals surface area (Å²) in [5, 5.41) is 13.4. The van der Waals surface area contributed by atoms with Crippen molar-refractivity contribution in [3.05, 3.63) is 60.4 Å². The van der Waals surface area contributed by atoms with Crippen molar-refractivity contribution in [2.24, 2.45) is 0 Å². The molecule has 21 heavy (non-hydrogen) atoms. The van der Waals surface area contributed by atoms with Crippen LogP contribution in [0.3, 0.4) is 0 Å². The molecule has 0 saturated heterocycles. The minimum atomic E-state index is 0.583. The van der Waals surface area contributed by atoms with Crippen molar-refractivity contribution >= 4 is 33.8 Å². The number of nitrogens with zero attached hydrogens (tertiary/aromatic N) is 2. The second kappa shape index (κ2) is 5.93. The van der Waals surface area contributed by atoms with Gasteiger partial charge in [-0.3, -0.25) is 4.68 Å². The molecule has 0 unspecified atom stereocenters. The third kappa shape index (κ3) is 3.03. The van der Waals surface area contributed by atoms with E-state index in [2.05, 4.69) is 58.2 Å². The largest absolute Gasteiger partial charge is 0.366 e. The number of thiocarbonyl (C=S) groups is 1. The van der Waals surface area contributed by atoms with Gasteiger partial charge in [-0.25, -0.2) is 0 Å². The smallest absolute Gasteiger partial charge is 0.170 e. The predicted molar refractivity (Wildman–Crippen MR) is 90.6 cm³/mol. The van der Waals surface area contributed by atoms with E-state index in [0.29, 0.717) is 5.11 Å². The van der Waals surface area contributed by atoms with E-state index in [9.17, 15) is 0 Å². The monoisotopic (exact) mass is 296 g/mol. The highest BCUT2D eigenvalue weighted by atomic mass is 32.1. The molecule has 0 spiro atoms. The lowest BCUT2D eigenvalue weighted by Gasteiger charge is -2.07. The lowest BCUT2D eigenvalue weighted by atomic mass is 10.0. The Morgan fingerprint density at radius 3 is 2.86 bits per heavy atom. The standard InChI is InChI=1S/C16H16N4S/c1-17-16(21)19-14-9-18-20(11-14)10-13-7-4-6-12-5-2-3-8-15(12)13/h2-9,11H,10H2,1H3,(H2,17,19,21). The van der Waals surface area contributed by atoms with Gasteiger partial charge in [-0.2, -0.15) is 5.10 Å². The van der Waals surface area contributed by atoms with Crippen molar-refractivity contribution in [2.45, 2.75) is 6.54 Å². The van der Waals surface area contributed by atoms with Crippen LogP contribution in [-0.2, 0) is 6.54 Å². The van der Waals surface area contributed by atoms with Gasteiger partial charge in [0.25, 0.3) is 0 Å². The normalized spacial score (nSPS) is 10.5. The average molecular weight is 296 g/mol. The van der Waals surface area contributed by atoms with Crippen LogP contribution >= 0.6 is 12.2 Å². The highest BCUT2D eigenvalue weighted by Gasteiger charge is 2.04. The molecule has 0 aliphatic rings. The van der Waals surface area contributed by atoms with Crippen LogP contribution in [0.2, 0.25) is 0 Å². The van der Waals surface area contributed by atoms with E-state index in [0.717, 1.165) is 12.2 Å². The molecule has 2 aromatic carbocycles. The lowest BCUT2D eigenvalue weighted by Crippen LogP contribution is -2.23. The van der Waals surface area contributed by atoms with Gasteiger partial charge in [0, 0.05) is 13.2 Å². The summed E-state index contributed by atoms with van der Waals surface area (Å²) in [7, 11) is 1.79. The second-order valence-corrected chi connectivity index (χ2v) is 5.18. The molecular formula is C16H16N4S. The molecule has 0 atom stereocenters. The van der Waals surface area contributed by atoms with Crippen molar-refractivity contribution in [1.82, 2.24) is 15.1 Å². The third-order valence-corrected chi connectivity index (χ3v) is 3.64. The van der Waals surface area contributed by atoms with Gasteiger partial charge in [-0.1, -0.05) is 42.5 Å². The summed E-state index contributed by atoms with van der Waals surface area (Å²) in [6.45, 7) is 0.731. The van der Waals surface area contributed by atoms with E-state index in [-0.39, 0.29) is 0 Å². The first-order valence-corrected chi connectivity index (χ1v) is 7.15. The predicted octanol–water partition coefficient (Wildman–Crippen LogP) is 3.00. The summed E-state index contributed by atoms with van der Waals surface area (Å²) in [5.41, 5.74) is 2.13. The van der Waals surface area contributed by atoms with Crippen molar-refractivity contribution in [2.75, 3.05) is 12.4 Å². The molecule has 0 bridgehead atoms. The maximum absolute atomic E-state index is 5.08. The molecule has 3 rings (SSSR count). The molecule has 1 aromatic heterocycles. The molecule has 0 radical (unpaired) electrons. The van der Waals surface area contributed by atoms with Crippen LogP contribution in [0.4, 0.5) is 5.69 Å². The van der Waals surface area contributed by atoms with E-state index in [1.807, 2.05) is 10.9 Å². The second-order valence-electron chi connectivity index (χ2n) is 4.77. The van der Waals surface area contributed by atoms with E-state index in [1.165, 1.54) is 16.3 Å². The fourth-order valence-corrected chi connectivity index (χ4v) is 2.43. The number of nitrogens with one attached hydrogen (secondary N) is 2. The fourth-order valence-electron chi connectivity index (χ4n) is 2.31. The number of fused-ring (bicyclic) bond motifs is 1. The molecule has 0 amide bonds. The fraction of sp³-hybridized carbons (Fsp3) is 0.125. The SMILES string of the molecule is CNC(=S)Nc1cnn(Cc2cccc3ccccc23)c1. The summed E-state index contributed by atoms with van der Waals surface area (Å²) < 4.78 is 1.91. The first-order valence-electron chi connectivity index (χ1n) is 6.74. The first kappa shape index (κ1) is 13.6. The zero-order valence-corrected chi connectivity index (χ0v) is 12.5. The Bertz CT molecular complexity index is 773. The Hall–Kier alpha value is -2.40. The van der Waals surface area contributed by atoms with Crippen LogP contribution in [0.5, 0.6) is 0 Å². The molecule has 4 nitrogen and oxygen atoms in total. The van der Waals surface area contributed by atoms with E-state index in [1.54, 1.807) is 13.2 Å². The van der Waals surface area contributed by atoms with Crippen LogP contribution in [0.25, 0.3) is 10.8 Å². The van der Waals surface area contributed by atoms with Crippen LogP contribution in [0.1, 0.15) is 5.56 Å². The van der Waals surface area contributed by atoms with Crippen molar-refractivity contribution in [3.63, 3.8) is 0 Å². The number of anilines is 1. The van der Waals surface area contributed by atoms with Gasteiger partial charge in [0.1, 0.15) is 0 Å². The summed E-state index contributed by atoms with van der Waals surface area (Å²) in [6, 6.07) is 14.7. The topological polar surface area (TPSA) is 41.9 Å². The number of rotatable bonds is 3. The van der Waals surface area contributed by atoms with Gasteiger partial charge in [0.05, 0.1) is 18.4 Å². The molecule has 0 saturated carbocycles. The highest BCUT2D eigenvalue weighted by molar-refractivity contribution is 7.80. The summed E-state index contributed by atoms with van der Waals surface area (Å²) >= 11 is 5.08. The minimum absolute atomic E-state index is 0.583. The molecule has 106 valence electrons. The zero-order chi connectivity index (χ0) is 14.7. The molecule has 0 aliphatic heterocycles. The molecule has 3 aromatic rings. The van der Waals surface area contributed by atoms with Crippen LogP contribution in [-0.4, -0.2) is 21.9 Å². The van der Waals surface area contributed by atoms with Crippen LogP contribution < -0.4 is 10.6 Å². The Balaban J connectivity index is 1.84. The van der Waals surface area contributed by atoms with E-state index < -0.39 is 0 Å². The summed E-state index contributed by atoms with van der Waals surface area (Å²) in [4.78, 5) is 0. The van der Waals surface area contributed by atoms with E-state index in [4.69, 9.17) is 12.2 Å². The molecule has 0 fully saturated rings. The Labute approximate surface area is 128 Å². The molecule has 2 N–H and O–H groups in total. The van der Waals surface area contributed by atoms with Gasteiger partial charge in [0.2, 0.25) is 0 Å². The average Bonchev–Trinajstić information content (AvgIpc) is 2.94. The Morgan fingerprint density at radius 2 is 2.00 bits per heavy atom. The van der Waals surface area contributed by atoms with Crippen molar-refractivity contribution < 1.29 is 0 Å². The number of hydrogen-bond acceptors (Lipinski definition) is 2. The van der Waals surface area contributed by atoms with Gasteiger partial charge in [-0.15, -0.1) is 0 Å². The van der Waals surface area contributed by atoms with Gasteiger partial charge < -0.3 is 10.6 Å². The third-order valence-electron chi connectivity index (χ3n) is 3.33. The maximum Gasteiger partial charge on any atom is 0.170 e. The van der Waals surface area contributed by atoms with Gasteiger partial charge in [0.15, 0.2) is 5.11 Å². The number of hydrogen-bond donors (Lipinski definition) is 2. The van der Waals surface area contributed by atoms with Gasteiger partial charge in [-0.05, 0) is 28.6 Å². The molecule has 1 heterocycles. The lowest BCUT2D eigenvalue weighted by molar-refractivity contribution is 0.690. The quantitative estimate of drug-likeness (QED) is 0.729. The van der Waals surface area contributed by atoms with E-state index >= 15 is 0 Å². The van der Waals surface area contributed by atoms with Crippen molar-refractivity contribution in [1.29, 1.82) is 0 Å². The van der Waals surface area contributed by atoms with Gasteiger partial charge >= 0.3 is 0 Å². The molecule has 5 heteroatoms. The minimum Gasteiger partial charge on any atom is -0.366 e. The summed E-state index contributed by atoms with van der Waals surface area (Å²) in [5.74, 6) is 0. The maximum atomic E-state index is 5.08.